The SMILES string of the molecule is CCC(C)CC(C)NC(=O)c1ccc(NN)nn1. The highest BCUT2D eigenvalue weighted by Crippen LogP contribution is 2.10. The number of nitrogens with one attached hydrogen (secondary N) is 2. The van der Waals surface area contributed by atoms with Gasteiger partial charge in [0.15, 0.2) is 11.5 Å². The van der Waals surface area contributed by atoms with Crippen LogP contribution in [0, 0.1) is 5.92 Å². The van der Waals surface area contributed by atoms with Crippen LogP contribution < -0.4 is 16.6 Å². The molecule has 0 fully saturated rings. The predicted molar refractivity (Wildman–Crippen MR) is 70.8 cm³/mol. The van der Waals surface area contributed by atoms with Gasteiger partial charge in [0.25, 0.3) is 5.91 Å². The van der Waals surface area contributed by atoms with Crippen LogP contribution in [0.5, 0.6) is 0 Å². The van der Waals surface area contributed by atoms with Gasteiger partial charge >= 0.3 is 0 Å². The number of amides is 1. The molecule has 0 saturated heterocycles. The summed E-state index contributed by atoms with van der Waals surface area (Å²) < 4.78 is 0. The molecule has 1 aromatic rings. The zero-order valence-electron chi connectivity index (χ0n) is 11.1. The van der Waals surface area contributed by atoms with Gasteiger partial charge in [0.2, 0.25) is 0 Å². The number of aromatic nitrogens is 2. The van der Waals surface area contributed by atoms with Crippen molar-refractivity contribution in [1.29, 1.82) is 0 Å². The van der Waals surface area contributed by atoms with Crippen molar-refractivity contribution in [3.63, 3.8) is 0 Å². The smallest absolute Gasteiger partial charge is 0.272 e. The van der Waals surface area contributed by atoms with E-state index in [9.17, 15) is 4.79 Å². The molecule has 0 aliphatic heterocycles. The van der Waals surface area contributed by atoms with Crippen LogP contribution in [-0.4, -0.2) is 22.1 Å². The first-order chi connectivity index (χ1) is 8.56. The molecule has 4 N–H and O–H groups in total. The lowest BCUT2D eigenvalue weighted by Crippen LogP contribution is -2.34. The van der Waals surface area contributed by atoms with Crippen molar-refractivity contribution in [2.45, 2.75) is 39.7 Å². The van der Waals surface area contributed by atoms with E-state index >= 15 is 0 Å². The van der Waals surface area contributed by atoms with Crippen molar-refractivity contribution >= 4 is 11.7 Å². The molecule has 1 aromatic heterocycles. The summed E-state index contributed by atoms with van der Waals surface area (Å²) in [5.74, 6) is 5.99. The number of rotatable bonds is 6. The van der Waals surface area contributed by atoms with Crippen LogP contribution in [0.3, 0.4) is 0 Å². The van der Waals surface area contributed by atoms with Crippen LogP contribution in [0.25, 0.3) is 0 Å². The Morgan fingerprint density at radius 2 is 2.11 bits per heavy atom. The highest BCUT2D eigenvalue weighted by Gasteiger charge is 2.13. The van der Waals surface area contributed by atoms with Gasteiger partial charge in [-0.25, -0.2) is 5.84 Å². The van der Waals surface area contributed by atoms with Crippen LogP contribution in [-0.2, 0) is 0 Å². The van der Waals surface area contributed by atoms with Gasteiger partial charge in [0.05, 0.1) is 0 Å². The first-order valence-corrected chi connectivity index (χ1v) is 6.18. The van der Waals surface area contributed by atoms with Gasteiger partial charge < -0.3 is 10.7 Å². The zero-order chi connectivity index (χ0) is 13.5. The van der Waals surface area contributed by atoms with Gasteiger partial charge in [0.1, 0.15) is 0 Å². The number of hydrogen-bond donors (Lipinski definition) is 3. The summed E-state index contributed by atoms with van der Waals surface area (Å²) in [5, 5.41) is 10.5. The van der Waals surface area contributed by atoms with Crippen molar-refractivity contribution in [2.75, 3.05) is 5.43 Å². The van der Waals surface area contributed by atoms with E-state index in [1.807, 2.05) is 6.92 Å². The largest absolute Gasteiger partial charge is 0.348 e. The van der Waals surface area contributed by atoms with E-state index in [-0.39, 0.29) is 11.9 Å². The number of carbonyl (C=O) groups excluding carboxylic acids is 1. The number of nitrogens with zero attached hydrogens (tertiary/aromatic N) is 2. The molecule has 6 nitrogen and oxygen atoms in total. The number of carbonyl (C=O) groups is 1. The molecule has 0 spiro atoms. The van der Waals surface area contributed by atoms with Gasteiger partial charge in [0, 0.05) is 6.04 Å². The maximum Gasteiger partial charge on any atom is 0.272 e. The third-order valence-electron chi connectivity index (χ3n) is 2.88. The second kappa shape index (κ2) is 6.90. The summed E-state index contributed by atoms with van der Waals surface area (Å²) in [6, 6.07) is 3.33. The quantitative estimate of drug-likeness (QED) is 0.523. The lowest BCUT2D eigenvalue weighted by Gasteiger charge is -2.17. The Morgan fingerprint density at radius 1 is 1.39 bits per heavy atom. The minimum Gasteiger partial charge on any atom is -0.348 e. The highest BCUT2D eigenvalue weighted by atomic mass is 16.2. The first kappa shape index (κ1) is 14.4. The third-order valence-corrected chi connectivity index (χ3v) is 2.88. The molecule has 100 valence electrons. The maximum atomic E-state index is 11.9. The normalized spacial score (nSPS) is 13.8. The third kappa shape index (κ3) is 4.29. The summed E-state index contributed by atoms with van der Waals surface area (Å²) in [6.07, 6.45) is 2.06. The minimum absolute atomic E-state index is 0.126. The van der Waals surface area contributed by atoms with Crippen LogP contribution >= 0.6 is 0 Å². The Labute approximate surface area is 107 Å². The fourth-order valence-corrected chi connectivity index (χ4v) is 1.66. The Balaban J connectivity index is 2.53. The molecule has 1 heterocycles. The van der Waals surface area contributed by atoms with Gasteiger partial charge in [-0.1, -0.05) is 20.3 Å². The van der Waals surface area contributed by atoms with Crippen molar-refractivity contribution in [3.05, 3.63) is 17.8 Å². The average Bonchev–Trinajstić information content (AvgIpc) is 2.38. The van der Waals surface area contributed by atoms with E-state index in [4.69, 9.17) is 5.84 Å². The molecule has 0 aliphatic carbocycles. The van der Waals surface area contributed by atoms with Crippen molar-refractivity contribution in [3.8, 4) is 0 Å². The van der Waals surface area contributed by atoms with E-state index in [1.165, 1.54) is 0 Å². The molecule has 0 aromatic carbocycles. The predicted octanol–water partition coefficient (Wildman–Crippen LogP) is 1.32. The average molecular weight is 251 g/mol. The number of hydrogen-bond acceptors (Lipinski definition) is 5. The summed E-state index contributed by atoms with van der Waals surface area (Å²) >= 11 is 0. The first-order valence-electron chi connectivity index (χ1n) is 6.18. The lowest BCUT2D eigenvalue weighted by atomic mass is 10.0. The molecular formula is C12H21N5O. The van der Waals surface area contributed by atoms with Gasteiger partial charge in [-0.05, 0) is 31.4 Å². The van der Waals surface area contributed by atoms with Crippen LogP contribution in [0.2, 0.25) is 0 Å². The minimum atomic E-state index is -0.207. The molecule has 0 radical (unpaired) electrons. The number of anilines is 1. The molecule has 2 unspecified atom stereocenters. The lowest BCUT2D eigenvalue weighted by molar-refractivity contribution is 0.0929. The van der Waals surface area contributed by atoms with E-state index in [0.717, 1.165) is 12.8 Å². The molecule has 6 heteroatoms. The van der Waals surface area contributed by atoms with Crippen LogP contribution in [0.15, 0.2) is 12.1 Å². The van der Waals surface area contributed by atoms with E-state index in [1.54, 1.807) is 12.1 Å². The Kier molecular flexibility index (Phi) is 5.51. The molecule has 0 saturated carbocycles. The monoisotopic (exact) mass is 251 g/mol. The summed E-state index contributed by atoms with van der Waals surface area (Å²) in [5.41, 5.74) is 2.66. The second-order valence-corrected chi connectivity index (χ2v) is 4.57. The molecule has 18 heavy (non-hydrogen) atoms. The summed E-state index contributed by atoms with van der Waals surface area (Å²) in [7, 11) is 0. The Bertz CT molecular complexity index is 379. The van der Waals surface area contributed by atoms with Gasteiger partial charge in [-0.15, -0.1) is 10.2 Å². The standard InChI is InChI=1S/C12H21N5O/c1-4-8(2)7-9(3)14-12(18)10-5-6-11(15-13)17-16-10/h5-6,8-9H,4,7,13H2,1-3H3,(H,14,18)(H,15,17). The van der Waals surface area contributed by atoms with Crippen LogP contribution in [0.1, 0.15) is 44.1 Å². The molecule has 0 aliphatic rings. The number of nitrogen functional groups attached to an aromatic ring is 1. The van der Waals surface area contributed by atoms with Crippen molar-refractivity contribution in [2.24, 2.45) is 11.8 Å². The number of nitrogens with two attached hydrogens (primary N) is 1. The summed E-state index contributed by atoms with van der Waals surface area (Å²) in [6.45, 7) is 6.31. The Hall–Kier alpha value is -1.69. The van der Waals surface area contributed by atoms with E-state index in [2.05, 4.69) is 34.8 Å². The van der Waals surface area contributed by atoms with Gasteiger partial charge in [-0.2, -0.15) is 0 Å². The van der Waals surface area contributed by atoms with E-state index in [0.29, 0.717) is 17.4 Å². The highest BCUT2D eigenvalue weighted by molar-refractivity contribution is 5.92. The maximum absolute atomic E-state index is 11.9. The van der Waals surface area contributed by atoms with E-state index < -0.39 is 0 Å². The fraction of sp³-hybridized carbons (Fsp3) is 0.583. The van der Waals surface area contributed by atoms with Crippen LogP contribution in [0.4, 0.5) is 5.82 Å². The molecule has 2 atom stereocenters. The number of hydrazine groups is 1. The van der Waals surface area contributed by atoms with Crippen molar-refractivity contribution in [1.82, 2.24) is 15.5 Å². The molecule has 1 amide bonds. The fourth-order valence-electron chi connectivity index (χ4n) is 1.66. The van der Waals surface area contributed by atoms with Crippen molar-refractivity contribution < 1.29 is 4.79 Å². The summed E-state index contributed by atoms with van der Waals surface area (Å²) in [4.78, 5) is 11.9. The molecule has 0 bridgehead atoms. The zero-order valence-corrected chi connectivity index (χ0v) is 11.1. The van der Waals surface area contributed by atoms with Gasteiger partial charge in [-0.3, -0.25) is 4.79 Å². The topological polar surface area (TPSA) is 92.9 Å². The molecule has 1 rings (SSSR count). The Morgan fingerprint density at radius 3 is 2.61 bits per heavy atom. The molecular weight excluding hydrogens is 230 g/mol. The second-order valence-electron chi connectivity index (χ2n) is 4.57.